The van der Waals surface area contributed by atoms with E-state index in [0.29, 0.717) is 28.3 Å². The number of H-pyrrole nitrogens is 1. The number of rotatable bonds is 6. The fourth-order valence-electron chi connectivity index (χ4n) is 2.46. The van der Waals surface area contributed by atoms with Gasteiger partial charge < -0.3 is 9.26 Å². The van der Waals surface area contributed by atoms with Gasteiger partial charge in [0.15, 0.2) is 5.76 Å². The molecule has 1 aliphatic carbocycles. The minimum absolute atomic E-state index is 0.0726. The van der Waals surface area contributed by atoms with E-state index >= 15 is 0 Å². The third-order valence-corrected chi connectivity index (χ3v) is 4.40. The maximum absolute atomic E-state index is 11.1. The maximum atomic E-state index is 11.1. The van der Waals surface area contributed by atoms with Crippen LogP contribution in [0.5, 0.6) is 6.01 Å². The lowest BCUT2D eigenvalue weighted by Gasteiger charge is -2.35. The zero-order valence-electron chi connectivity index (χ0n) is 13.7. The number of ether oxygens (including phenoxy) is 1. The largest absolute Gasteiger partial charge is 0.460 e. The summed E-state index contributed by atoms with van der Waals surface area (Å²) >= 11 is 5.94. The van der Waals surface area contributed by atoms with Gasteiger partial charge in [0.05, 0.1) is 11.6 Å². The number of hydrogen-bond donors (Lipinski definition) is 1. The molecule has 0 radical (unpaired) electrons. The van der Waals surface area contributed by atoms with E-state index in [4.69, 9.17) is 20.9 Å². The third kappa shape index (κ3) is 4.28. The van der Waals surface area contributed by atoms with Crippen molar-refractivity contribution in [3.8, 4) is 17.3 Å². The van der Waals surface area contributed by atoms with Crippen molar-refractivity contribution in [1.29, 1.82) is 0 Å². The molecule has 0 atom stereocenters. The Morgan fingerprint density at radius 2 is 2.12 bits per heavy atom. The molecule has 1 fully saturated rings. The van der Waals surface area contributed by atoms with Crippen LogP contribution in [-0.4, -0.2) is 21.2 Å². The molecule has 2 heterocycles. The summed E-state index contributed by atoms with van der Waals surface area (Å²) in [4.78, 5) is 19.4. The predicted molar refractivity (Wildman–Crippen MR) is 95.4 cm³/mol. The van der Waals surface area contributed by atoms with Crippen LogP contribution in [-0.2, 0) is 0 Å². The molecule has 3 rings (SSSR count). The summed E-state index contributed by atoms with van der Waals surface area (Å²) in [6.45, 7) is 5.96. The van der Waals surface area contributed by atoms with Crippen LogP contribution in [0.25, 0.3) is 11.3 Å². The topological polar surface area (TPSA) is 81.0 Å². The molecule has 0 bridgehead atoms. The number of aromatic amines is 1. The molecule has 0 aromatic carbocycles. The second-order valence-electron chi connectivity index (χ2n) is 5.82. The number of hydrogen-bond acceptors (Lipinski definition) is 5. The van der Waals surface area contributed by atoms with Crippen molar-refractivity contribution in [2.75, 3.05) is 0 Å². The van der Waals surface area contributed by atoms with Gasteiger partial charge in [0.1, 0.15) is 6.10 Å². The standard InChI is InChI=1S/C18H18ClN3O3/c1-3-14(19)5-4-11(2)12-6-15(7-12)24-18-20-9-13(10-21-18)16-8-17(23)22-25-16/h3-5,8-10,12,15H,2,6-7H2,1H3,(H,22,23)/b5-4-,14-3+. The molecule has 1 aliphatic rings. The Balaban J connectivity index is 1.51. The Bertz CT molecular complexity index is 858. The van der Waals surface area contributed by atoms with Crippen LogP contribution >= 0.6 is 11.6 Å². The SMILES string of the molecule is C=C(/C=C\C(Cl)=C/C)C1CC(Oc2ncc(-c3cc(=O)[nH]o3)cn2)C1. The fourth-order valence-corrected chi connectivity index (χ4v) is 2.53. The van der Waals surface area contributed by atoms with Gasteiger partial charge in [0.25, 0.3) is 5.56 Å². The first-order valence-corrected chi connectivity index (χ1v) is 8.29. The number of halogens is 1. The molecular formula is C18H18ClN3O3. The van der Waals surface area contributed by atoms with E-state index in [1.54, 1.807) is 12.4 Å². The lowest BCUT2D eigenvalue weighted by atomic mass is 9.77. The van der Waals surface area contributed by atoms with E-state index in [9.17, 15) is 4.79 Å². The quantitative estimate of drug-likeness (QED) is 0.792. The van der Waals surface area contributed by atoms with Gasteiger partial charge in [-0.15, -0.1) is 0 Å². The van der Waals surface area contributed by atoms with Crippen molar-refractivity contribution in [1.82, 2.24) is 15.1 Å². The molecule has 25 heavy (non-hydrogen) atoms. The number of allylic oxidation sites excluding steroid dienone is 5. The molecule has 0 aliphatic heterocycles. The Labute approximate surface area is 149 Å². The van der Waals surface area contributed by atoms with Gasteiger partial charge in [-0.1, -0.05) is 35.9 Å². The Morgan fingerprint density at radius 3 is 2.72 bits per heavy atom. The summed E-state index contributed by atoms with van der Waals surface area (Å²) in [5, 5.41) is 2.92. The lowest BCUT2D eigenvalue weighted by Crippen LogP contribution is -2.34. The number of nitrogens with zero attached hydrogens (tertiary/aromatic N) is 2. The smallest absolute Gasteiger partial charge is 0.316 e. The molecule has 6 nitrogen and oxygen atoms in total. The molecule has 7 heteroatoms. The second kappa shape index (κ2) is 7.53. The molecule has 2 aromatic rings. The summed E-state index contributed by atoms with van der Waals surface area (Å²) < 4.78 is 10.8. The lowest BCUT2D eigenvalue weighted by molar-refractivity contribution is 0.0734. The van der Waals surface area contributed by atoms with Crippen molar-refractivity contribution in [2.24, 2.45) is 5.92 Å². The van der Waals surface area contributed by atoms with E-state index < -0.39 is 0 Å². The van der Waals surface area contributed by atoms with Crippen LogP contribution < -0.4 is 10.3 Å². The number of nitrogens with one attached hydrogen (secondary N) is 1. The third-order valence-electron chi connectivity index (χ3n) is 4.06. The van der Waals surface area contributed by atoms with Crippen LogP contribution in [0.15, 0.2) is 63.2 Å². The summed E-state index contributed by atoms with van der Waals surface area (Å²) in [5.74, 6) is 0.777. The first-order valence-electron chi connectivity index (χ1n) is 7.91. The first kappa shape index (κ1) is 17.2. The predicted octanol–water partition coefficient (Wildman–Crippen LogP) is 3.84. The van der Waals surface area contributed by atoms with Crippen molar-refractivity contribution < 1.29 is 9.26 Å². The van der Waals surface area contributed by atoms with Crippen LogP contribution in [0.1, 0.15) is 19.8 Å². The van der Waals surface area contributed by atoms with E-state index in [-0.39, 0.29) is 11.7 Å². The van der Waals surface area contributed by atoms with Gasteiger partial charge in [-0.25, -0.2) is 9.97 Å². The van der Waals surface area contributed by atoms with Gasteiger partial charge in [-0.2, -0.15) is 5.16 Å². The minimum atomic E-state index is -0.305. The molecule has 130 valence electrons. The molecule has 0 unspecified atom stereocenters. The van der Waals surface area contributed by atoms with Gasteiger partial charge in [-0.3, -0.25) is 4.79 Å². The number of aromatic nitrogens is 3. The van der Waals surface area contributed by atoms with Crippen molar-refractivity contribution in [3.63, 3.8) is 0 Å². The fraction of sp³-hybridized carbons (Fsp3) is 0.278. The molecule has 0 spiro atoms. The molecule has 1 saturated carbocycles. The van der Waals surface area contributed by atoms with Gasteiger partial charge >= 0.3 is 6.01 Å². The first-order chi connectivity index (χ1) is 12.0. The van der Waals surface area contributed by atoms with Gasteiger partial charge in [0.2, 0.25) is 0 Å². The van der Waals surface area contributed by atoms with Crippen LogP contribution in [0.3, 0.4) is 0 Å². The van der Waals surface area contributed by atoms with E-state index in [1.165, 1.54) is 6.07 Å². The average molecular weight is 360 g/mol. The van der Waals surface area contributed by atoms with Crippen LogP contribution in [0.2, 0.25) is 0 Å². The summed E-state index contributed by atoms with van der Waals surface area (Å²) in [6, 6.07) is 1.65. The molecule has 0 saturated heterocycles. The zero-order valence-corrected chi connectivity index (χ0v) is 14.5. The van der Waals surface area contributed by atoms with Crippen molar-refractivity contribution in [2.45, 2.75) is 25.9 Å². The molecule has 2 aromatic heterocycles. The summed E-state index contributed by atoms with van der Waals surface area (Å²) in [6.07, 6.45) is 10.6. The monoisotopic (exact) mass is 359 g/mol. The highest BCUT2D eigenvalue weighted by atomic mass is 35.5. The Kier molecular flexibility index (Phi) is 5.19. The van der Waals surface area contributed by atoms with Crippen molar-refractivity contribution in [3.05, 3.63) is 64.2 Å². The van der Waals surface area contributed by atoms with Crippen LogP contribution in [0, 0.1) is 5.92 Å². The van der Waals surface area contributed by atoms with E-state index in [1.807, 2.05) is 25.2 Å². The molecule has 1 N–H and O–H groups in total. The zero-order chi connectivity index (χ0) is 17.8. The Hall–Kier alpha value is -2.60. The summed E-state index contributed by atoms with van der Waals surface area (Å²) in [7, 11) is 0. The maximum Gasteiger partial charge on any atom is 0.316 e. The highest BCUT2D eigenvalue weighted by molar-refractivity contribution is 6.31. The highest BCUT2D eigenvalue weighted by Gasteiger charge is 2.32. The van der Waals surface area contributed by atoms with Gasteiger partial charge in [0, 0.05) is 17.4 Å². The minimum Gasteiger partial charge on any atom is -0.460 e. The van der Waals surface area contributed by atoms with Gasteiger partial charge in [-0.05, 0) is 31.8 Å². The van der Waals surface area contributed by atoms with Crippen molar-refractivity contribution >= 4 is 11.6 Å². The summed E-state index contributed by atoms with van der Waals surface area (Å²) in [5.41, 5.74) is 1.34. The van der Waals surface area contributed by atoms with E-state index in [2.05, 4.69) is 21.7 Å². The van der Waals surface area contributed by atoms with E-state index in [0.717, 1.165) is 18.4 Å². The average Bonchev–Trinajstić information content (AvgIpc) is 3.02. The second-order valence-corrected chi connectivity index (χ2v) is 6.26. The highest BCUT2D eigenvalue weighted by Crippen LogP contribution is 2.36. The molecular weight excluding hydrogens is 342 g/mol. The van der Waals surface area contributed by atoms with Crippen LogP contribution in [0.4, 0.5) is 0 Å². The Morgan fingerprint density at radius 1 is 1.40 bits per heavy atom. The molecule has 0 amide bonds. The normalized spacial score (nSPS) is 20.5.